The maximum absolute atomic E-state index is 11.9. The number of halogens is 1. The standard InChI is InChI=1S/C15H17ClN2O3S/c1-20-11-5-3-10(4-6-11)18-15(19)17-9-12(21-2)13-7-8-14(16)22-13/h3-8,12H,9H2,1-2H3,(H2,17,18,19). The van der Waals surface area contributed by atoms with Crippen molar-refractivity contribution in [1.82, 2.24) is 5.32 Å². The summed E-state index contributed by atoms with van der Waals surface area (Å²) in [6, 6.07) is 10.5. The fourth-order valence-corrected chi connectivity index (χ4v) is 2.98. The molecule has 1 heterocycles. The van der Waals surface area contributed by atoms with Crippen molar-refractivity contribution in [2.24, 2.45) is 0 Å². The molecule has 0 radical (unpaired) electrons. The Morgan fingerprint density at radius 1 is 1.23 bits per heavy atom. The minimum absolute atomic E-state index is 0.223. The number of urea groups is 1. The van der Waals surface area contributed by atoms with E-state index in [1.807, 2.05) is 12.1 Å². The fourth-order valence-electron chi connectivity index (χ4n) is 1.84. The second-order valence-corrected chi connectivity index (χ2v) is 6.18. The van der Waals surface area contributed by atoms with Gasteiger partial charge in [0, 0.05) is 17.7 Å². The van der Waals surface area contributed by atoms with Crippen LogP contribution in [0.2, 0.25) is 4.34 Å². The highest BCUT2D eigenvalue weighted by Crippen LogP contribution is 2.28. The van der Waals surface area contributed by atoms with Gasteiger partial charge >= 0.3 is 6.03 Å². The van der Waals surface area contributed by atoms with Crippen LogP contribution in [0.25, 0.3) is 0 Å². The average molecular weight is 341 g/mol. The van der Waals surface area contributed by atoms with Crippen LogP contribution >= 0.6 is 22.9 Å². The van der Waals surface area contributed by atoms with Crippen molar-refractivity contribution in [3.63, 3.8) is 0 Å². The van der Waals surface area contributed by atoms with Gasteiger partial charge in [0.2, 0.25) is 0 Å². The Morgan fingerprint density at radius 3 is 2.50 bits per heavy atom. The van der Waals surface area contributed by atoms with E-state index in [4.69, 9.17) is 21.1 Å². The maximum atomic E-state index is 11.9. The highest BCUT2D eigenvalue weighted by atomic mass is 35.5. The normalized spacial score (nSPS) is 11.8. The molecule has 0 fully saturated rings. The second kappa shape index (κ2) is 8.03. The Morgan fingerprint density at radius 2 is 1.95 bits per heavy atom. The zero-order chi connectivity index (χ0) is 15.9. The van der Waals surface area contributed by atoms with Gasteiger partial charge in [-0.15, -0.1) is 11.3 Å². The van der Waals surface area contributed by atoms with Gasteiger partial charge in [-0.05, 0) is 36.4 Å². The van der Waals surface area contributed by atoms with Crippen LogP contribution in [0.3, 0.4) is 0 Å². The van der Waals surface area contributed by atoms with E-state index < -0.39 is 0 Å². The first-order valence-electron chi connectivity index (χ1n) is 6.59. The molecule has 2 rings (SSSR count). The van der Waals surface area contributed by atoms with Gasteiger partial charge in [-0.25, -0.2) is 4.79 Å². The Bertz CT molecular complexity index is 616. The number of hydrogen-bond acceptors (Lipinski definition) is 4. The largest absolute Gasteiger partial charge is 0.497 e. The Hall–Kier alpha value is -1.76. The van der Waals surface area contributed by atoms with Crippen LogP contribution in [0.4, 0.5) is 10.5 Å². The Labute approximate surface area is 138 Å². The summed E-state index contributed by atoms with van der Waals surface area (Å²) in [4.78, 5) is 12.9. The maximum Gasteiger partial charge on any atom is 0.319 e. The number of hydrogen-bond donors (Lipinski definition) is 2. The molecule has 1 aromatic carbocycles. The summed E-state index contributed by atoms with van der Waals surface area (Å²) < 4.78 is 11.1. The summed E-state index contributed by atoms with van der Waals surface area (Å²) in [5, 5.41) is 5.52. The topological polar surface area (TPSA) is 59.6 Å². The molecular weight excluding hydrogens is 324 g/mol. The van der Waals surface area contributed by atoms with Crippen LogP contribution in [0.5, 0.6) is 5.75 Å². The van der Waals surface area contributed by atoms with Crippen LogP contribution in [0.1, 0.15) is 11.0 Å². The number of carbonyl (C=O) groups excluding carboxylic acids is 1. The Kier molecular flexibility index (Phi) is 6.06. The number of rotatable bonds is 6. The van der Waals surface area contributed by atoms with E-state index in [9.17, 15) is 4.79 Å². The molecule has 5 nitrogen and oxygen atoms in total. The molecular formula is C15H17ClN2O3S. The van der Waals surface area contributed by atoms with Crippen molar-refractivity contribution in [1.29, 1.82) is 0 Å². The van der Waals surface area contributed by atoms with Gasteiger partial charge in [0.1, 0.15) is 11.9 Å². The lowest BCUT2D eigenvalue weighted by Crippen LogP contribution is -2.32. The number of anilines is 1. The van der Waals surface area contributed by atoms with Gasteiger partial charge < -0.3 is 20.1 Å². The monoisotopic (exact) mass is 340 g/mol. The molecule has 1 atom stereocenters. The van der Waals surface area contributed by atoms with Gasteiger partial charge in [-0.2, -0.15) is 0 Å². The van der Waals surface area contributed by atoms with Gasteiger partial charge in [-0.1, -0.05) is 11.6 Å². The quantitative estimate of drug-likeness (QED) is 0.838. The molecule has 1 unspecified atom stereocenters. The minimum Gasteiger partial charge on any atom is -0.497 e. The van der Waals surface area contributed by atoms with Gasteiger partial charge in [-0.3, -0.25) is 0 Å². The molecule has 2 aromatic rings. The first kappa shape index (κ1) is 16.6. The molecule has 0 aliphatic carbocycles. The summed E-state index contributed by atoms with van der Waals surface area (Å²) in [6.45, 7) is 0.356. The molecule has 0 aliphatic heterocycles. The summed E-state index contributed by atoms with van der Waals surface area (Å²) in [5.41, 5.74) is 0.687. The summed E-state index contributed by atoms with van der Waals surface area (Å²) in [7, 11) is 3.19. The molecule has 0 spiro atoms. The molecule has 2 amide bonds. The number of ether oxygens (including phenoxy) is 2. The molecule has 118 valence electrons. The number of amides is 2. The van der Waals surface area contributed by atoms with Gasteiger partial charge in [0.05, 0.1) is 18.0 Å². The lowest BCUT2D eigenvalue weighted by atomic mass is 10.3. The molecule has 22 heavy (non-hydrogen) atoms. The first-order valence-corrected chi connectivity index (χ1v) is 7.78. The van der Waals surface area contributed by atoms with E-state index in [0.29, 0.717) is 16.6 Å². The molecule has 1 aromatic heterocycles. The highest BCUT2D eigenvalue weighted by molar-refractivity contribution is 7.16. The van der Waals surface area contributed by atoms with Crippen LogP contribution in [-0.4, -0.2) is 26.8 Å². The summed E-state index contributed by atoms with van der Waals surface area (Å²) >= 11 is 7.34. The van der Waals surface area contributed by atoms with E-state index in [1.54, 1.807) is 38.5 Å². The van der Waals surface area contributed by atoms with Crippen molar-refractivity contribution in [2.45, 2.75) is 6.10 Å². The molecule has 2 N–H and O–H groups in total. The van der Waals surface area contributed by atoms with Gasteiger partial charge in [0.25, 0.3) is 0 Å². The van der Waals surface area contributed by atoms with Crippen LogP contribution < -0.4 is 15.4 Å². The Balaban J connectivity index is 1.85. The minimum atomic E-state index is -0.296. The van der Waals surface area contributed by atoms with E-state index in [0.717, 1.165) is 10.6 Å². The zero-order valence-corrected chi connectivity index (χ0v) is 13.8. The smallest absolute Gasteiger partial charge is 0.319 e. The van der Waals surface area contributed by atoms with Crippen molar-refractivity contribution < 1.29 is 14.3 Å². The molecule has 7 heteroatoms. The summed E-state index contributed by atoms with van der Waals surface area (Å²) in [5.74, 6) is 0.736. The highest BCUT2D eigenvalue weighted by Gasteiger charge is 2.14. The fraction of sp³-hybridized carbons (Fsp3) is 0.267. The SMILES string of the molecule is COc1ccc(NC(=O)NCC(OC)c2ccc(Cl)s2)cc1. The first-order chi connectivity index (χ1) is 10.6. The van der Waals surface area contributed by atoms with Crippen LogP contribution in [0.15, 0.2) is 36.4 Å². The average Bonchev–Trinajstić information content (AvgIpc) is 2.95. The number of methoxy groups -OCH3 is 2. The van der Waals surface area contributed by atoms with Crippen LogP contribution in [-0.2, 0) is 4.74 Å². The lowest BCUT2D eigenvalue weighted by Gasteiger charge is -2.15. The molecule has 0 saturated carbocycles. The van der Waals surface area contributed by atoms with Crippen molar-refractivity contribution >= 4 is 34.7 Å². The van der Waals surface area contributed by atoms with Crippen molar-refractivity contribution in [3.05, 3.63) is 45.6 Å². The van der Waals surface area contributed by atoms with E-state index in [2.05, 4.69) is 10.6 Å². The number of benzene rings is 1. The predicted octanol–water partition coefficient (Wildman–Crippen LogP) is 3.92. The third kappa shape index (κ3) is 4.62. The number of carbonyl (C=O) groups is 1. The third-order valence-corrected chi connectivity index (χ3v) is 4.31. The van der Waals surface area contributed by atoms with Crippen molar-refractivity contribution in [2.75, 3.05) is 26.1 Å². The van der Waals surface area contributed by atoms with Crippen molar-refractivity contribution in [3.8, 4) is 5.75 Å². The van der Waals surface area contributed by atoms with E-state index in [1.165, 1.54) is 11.3 Å². The second-order valence-electron chi connectivity index (χ2n) is 4.43. The number of thiophene rings is 1. The predicted molar refractivity (Wildman–Crippen MR) is 89.1 cm³/mol. The van der Waals surface area contributed by atoms with Crippen LogP contribution in [0, 0.1) is 0 Å². The van der Waals surface area contributed by atoms with E-state index in [-0.39, 0.29) is 12.1 Å². The lowest BCUT2D eigenvalue weighted by molar-refractivity contribution is 0.107. The van der Waals surface area contributed by atoms with Gasteiger partial charge in [0.15, 0.2) is 0 Å². The molecule has 0 saturated heterocycles. The molecule has 0 bridgehead atoms. The molecule has 0 aliphatic rings. The van der Waals surface area contributed by atoms with E-state index >= 15 is 0 Å². The third-order valence-electron chi connectivity index (χ3n) is 2.99. The zero-order valence-electron chi connectivity index (χ0n) is 12.3. The summed E-state index contributed by atoms with van der Waals surface area (Å²) in [6.07, 6.45) is -0.223. The number of nitrogens with one attached hydrogen (secondary N) is 2.